The van der Waals surface area contributed by atoms with E-state index in [1.807, 2.05) is 13.0 Å². The number of nitrogens with zero attached hydrogens (tertiary/aromatic N) is 3. The monoisotopic (exact) mass is 208 g/mol. The molecule has 0 radical (unpaired) electrons. The van der Waals surface area contributed by atoms with Crippen LogP contribution >= 0.6 is 0 Å². The summed E-state index contributed by atoms with van der Waals surface area (Å²) >= 11 is 0. The summed E-state index contributed by atoms with van der Waals surface area (Å²) in [5.74, 6) is 0.786. The van der Waals surface area contributed by atoms with Crippen molar-refractivity contribution in [3.63, 3.8) is 0 Å². The van der Waals surface area contributed by atoms with Crippen LogP contribution in [-0.4, -0.2) is 37.7 Å². The molecule has 0 spiro atoms. The molecule has 0 bridgehead atoms. The van der Waals surface area contributed by atoms with Crippen LogP contribution < -0.4 is 5.73 Å². The van der Waals surface area contributed by atoms with Crippen LogP contribution in [0.2, 0.25) is 0 Å². The van der Waals surface area contributed by atoms with Crippen molar-refractivity contribution in [2.75, 3.05) is 20.1 Å². The zero-order chi connectivity index (χ0) is 11.3. The summed E-state index contributed by atoms with van der Waals surface area (Å²) in [6.07, 6.45) is 4.31. The van der Waals surface area contributed by atoms with Crippen LogP contribution in [0.25, 0.3) is 0 Å². The Hall–Kier alpha value is -1.16. The van der Waals surface area contributed by atoms with E-state index in [0.717, 1.165) is 31.6 Å². The first kappa shape index (κ1) is 11.9. The first-order valence-electron chi connectivity index (χ1n) is 5.33. The smallest absolute Gasteiger partial charge is 0.219 e. The molecule has 0 atom stereocenters. The number of rotatable bonds is 2. The molecule has 0 aromatic carbocycles. The lowest BCUT2D eigenvalue weighted by Crippen LogP contribution is -2.31. The van der Waals surface area contributed by atoms with Crippen molar-refractivity contribution in [2.45, 2.75) is 19.8 Å². The summed E-state index contributed by atoms with van der Waals surface area (Å²) in [6.45, 7) is 7.61. The van der Waals surface area contributed by atoms with Crippen LogP contribution in [0.1, 0.15) is 19.8 Å². The second-order valence-corrected chi connectivity index (χ2v) is 3.92. The number of hydrogen-bond donors (Lipinski definition) is 1. The highest BCUT2D eigenvalue weighted by atomic mass is 15.1. The number of guanidine groups is 1. The average Bonchev–Trinajstić information content (AvgIpc) is 2.27. The fourth-order valence-electron chi connectivity index (χ4n) is 1.86. The van der Waals surface area contributed by atoms with Gasteiger partial charge in [-0.15, -0.1) is 0 Å². The minimum Gasteiger partial charge on any atom is -0.368 e. The number of piperidine rings is 1. The molecule has 15 heavy (non-hydrogen) atoms. The van der Waals surface area contributed by atoms with E-state index in [1.54, 1.807) is 0 Å². The second-order valence-electron chi connectivity index (χ2n) is 3.92. The number of nitrogens with two attached hydrogens (primary N) is 1. The highest BCUT2D eigenvalue weighted by Gasteiger charge is 2.19. The van der Waals surface area contributed by atoms with E-state index in [0.29, 0.717) is 5.92 Å². The Balaban J connectivity index is 2.64. The molecule has 0 aliphatic carbocycles. The summed E-state index contributed by atoms with van der Waals surface area (Å²) in [5, 5.41) is 0. The highest BCUT2D eigenvalue weighted by molar-refractivity contribution is 5.83. The Morgan fingerprint density at radius 2 is 2.07 bits per heavy atom. The van der Waals surface area contributed by atoms with Gasteiger partial charge in [-0.3, -0.25) is 0 Å². The van der Waals surface area contributed by atoms with Crippen molar-refractivity contribution < 1.29 is 0 Å². The predicted molar refractivity (Wildman–Crippen MR) is 65.1 cm³/mol. The van der Waals surface area contributed by atoms with Gasteiger partial charge in [0.1, 0.15) is 0 Å². The van der Waals surface area contributed by atoms with Gasteiger partial charge in [0, 0.05) is 11.6 Å². The molecule has 4 heteroatoms. The van der Waals surface area contributed by atoms with Crippen molar-refractivity contribution >= 4 is 12.7 Å². The first-order valence-corrected chi connectivity index (χ1v) is 5.33. The third-order valence-corrected chi connectivity index (χ3v) is 2.84. The number of hydrogen-bond acceptors (Lipinski definition) is 2. The molecule has 1 rings (SSSR count). The first-order chi connectivity index (χ1) is 7.17. The van der Waals surface area contributed by atoms with E-state index in [9.17, 15) is 0 Å². The molecule has 1 aliphatic heterocycles. The average molecular weight is 208 g/mol. The maximum absolute atomic E-state index is 5.55. The van der Waals surface area contributed by atoms with Crippen LogP contribution in [0.3, 0.4) is 0 Å². The van der Waals surface area contributed by atoms with Crippen LogP contribution in [0.15, 0.2) is 21.8 Å². The molecule has 0 amide bonds. The largest absolute Gasteiger partial charge is 0.368 e. The molecule has 4 nitrogen and oxygen atoms in total. The van der Waals surface area contributed by atoms with Crippen molar-refractivity contribution in [2.24, 2.45) is 21.6 Å². The van der Waals surface area contributed by atoms with E-state index >= 15 is 0 Å². The Morgan fingerprint density at radius 3 is 2.53 bits per heavy atom. The normalized spacial score (nSPS) is 21.7. The van der Waals surface area contributed by atoms with Gasteiger partial charge in [0.15, 0.2) is 0 Å². The third kappa shape index (κ3) is 3.47. The van der Waals surface area contributed by atoms with Crippen molar-refractivity contribution in [1.82, 2.24) is 4.90 Å². The molecule has 0 aromatic rings. The quantitative estimate of drug-likeness (QED) is 0.548. The van der Waals surface area contributed by atoms with E-state index in [4.69, 9.17) is 5.73 Å². The lowest BCUT2D eigenvalue weighted by atomic mass is 9.94. The van der Waals surface area contributed by atoms with Gasteiger partial charge in [-0.25, -0.2) is 9.98 Å². The van der Waals surface area contributed by atoms with Gasteiger partial charge < -0.3 is 10.6 Å². The fourth-order valence-corrected chi connectivity index (χ4v) is 1.86. The van der Waals surface area contributed by atoms with E-state index in [1.165, 1.54) is 0 Å². The Kier molecular flexibility index (Phi) is 4.49. The molecule has 1 fully saturated rings. The Morgan fingerprint density at radius 1 is 1.47 bits per heavy atom. The van der Waals surface area contributed by atoms with Gasteiger partial charge in [0.05, 0.1) is 0 Å². The van der Waals surface area contributed by atoms with Crippen molar-refractivity contribution in [3.05, 3.63) is 11.8 Å². The van der Waals surface area contributed by atoms with Gasteiger partial charge in [0.2, 0.25) is 5.96 Å². The number of allylic oxidation sites excluding steroid dienone is 2. The summed E-state index contributed by atoms with van der Waals surface area (Å²) in [4.78, 5) is 10.2. The molecule has 2 N–H and O–H groups in total. The molecule has 1 heterocycles. The fraction of sp³-hybridized carbons (Fsp3) is 0.636. The molecule has 0 unspecified atom stereocenters. The zero-order valence-electron chi connectivity index (χ0n) is 9.61. The van der Waals surface area contributed by atoms with Gasteiger partial charge >= 0.3 is 0 Å². The molecule has 0 saturated carbocycles. The van der Waals surface area contributed by atoms with Gasteiger partial charge in [0.25, 0.3) is 0 Å². The van der Waals surface area contributed by atoms with Crippen molar-refractivity contribution in [1.29, 1.82) is 0 Å². The second kappa shape index (κ2) is 5.66. The lowest BCUT2D eigenvalue weighted by molar-refractivity contribution is 0.237. The number of aliphatic imine (C=N–C) groups is 2. The van der Waals surface area contributed by atoms with Crippen molar-refractivity contribution in [3.8, 4) is 0 Å². The van der Waals surface area contributed by atoms with Gasteiger partial charge in [-0.2, -0.15) is 0 Å². The van der Waals surface area contributed by atoms with Gasteiger partial charge in [-0.1, -0.05) is 6.08 Å². The zero-order valence-corrected chi connectivity index (χ0v) is 9.61. The summed E-state index contributed by atoms with van der Waals surface area (Å²) in [7, 11) is 2.15. The molecule has 84 valence electrons. The maximum Gasteiger partial charge on any atom is 0.219 e. The van der Waals surface area contributed by atoms with Crippen LogP contribution in [0, 0.1) is 5.92 Å². The molecule has 1 saturated heterocycles. The predicted octanol–water partition coefficient (Wildman–Crippen LogP) is 1.25. The molecule has 0 aromatic heterocycles. The Labute approximate surface area is 91.6 Å². The van der Waals surface area contributed by atoms with E-state index < -0.39 is 0 Å². The SMILES string of the molecule is C=N/C(N)=N\C(=C/C)C1CCN(C)CC1. The van der Waals surface area contributed by atoms with E-state index in [2.05, 4.69) is 28.6 Å². The van der Waals surface area contributed by atoms with E-state index in [-0.39, 0.29) is 5.96 Å². The molecular weight excluding hydrogens is 188 g/mol. The number of likely N-dealkylation sites (tertiary alicyclic amines) is 1. The summed E-state index contributed by atoms with van der Waals surface area (Å²) < 4.78 is 0. The Bertz CT molecular complexity index is 272. The minimum atomic E-state index is 0.266. The minimum absolute atomic E-state index is 0.266. The van der Waals surface area contributed by atoms with Crippen LogP contribution in [-0.2, 0) is 0 Å². The summed E-state index contributed by atoms with van der Waals surface area (Å²) in [5.41, 5.74) is 6.60. The summed E-state index contributed by atoms with van der Waals surface area (Å²) in [6, 6.07) is 0. The van der Waals surface area contributed by atoms with Gasteiger partial charge in [-0.05, 0) is 46.6 Å². The maximum atomic E-state index is 5.55. The molecular formula is C11H20N4. The highest BCUT2D eigenvalue weighted by Crippen LogP contribution is 2.24. The lowest BCUT2D eigenvalue weighted by Gasteiger charge is -2.29. The standard InChI is InChI=1S/C11H20N4/c1-4-10(14-11(12)13-2)9-5-7-15(3)8-6-9/h4,9H,2,5-8H2,1,3H3,(H2,12,14)/b10-4-. The molecule has 1 aliphatic rings. The topological polar surface area (TPSA) is 54.0 Å². The third-order valence-electron chi connectivity index (χ3n) is 2.84. The van der Waals surface area contributed by atoms with Crippen LogP contribution in [0.4, 0.5) is 0 Å². The van der Waals surface area contributed by atoms with Crippen LogP contribution in [0.5, 0.6) is 0 Å².